The van der Waals surface area contributed by atoms with Gasteiger partial charge in [0.15, 0.2) is 0 Å². The van der Waals surface area contributed by atoms with Crippen molar-refractivity contribution in [2.24, 2.45) is 5.92 Å². The first-order chi connectivity index (χ1) is 14.6. The van der Waals surface area contributed by atoms with Crippen LogP contribution in [0, 0.1) is 5.92 Å². The molecular weight excluding hydrogens is 374 g/mol. The standard InChI is InChI=1S/C25H31N3O2/c1-2-19-9-11-20(12-10-19)16-27(17-21-6-5-13-26-15-21)25(30)22-14-24(29)28(18-22)23-7-3-4-8-23/h5-6,9-13,15,22-23H,2-4,7-8,14,16-18H2,1H3. The molecular formula is C25H31N3O2. The van der Waals surface area contributed by atoms with Crippen LogP contribution in [0.2, 0.25) is 0 Å². The van der Waals surface area contributed by atoms with Gasteiger partial charge < -0.3 is 9.80 Å². The lowest BCUT2D eigenvalue weighted by molar-refractivity contribution is -0.137. The zero-order valence-corrected chi connectivity index (χ0v) is 17.8. The van der Waals surface area contributed by atoms with Gasteiger partial charge in [-0.3, -0.25) is 14.6 Å². The zero-order valence-electron chi connectivity index (χ0n) is 17.8. The van der Waals surface area contributed by atoms with E-state index >= 15 is 0 Å². The van der Waals surface area contributed by atoms with Gasteiger partial charge in [0.25, 0.3) is 0 Å². The summed E-state index contributed by atoms with van der Waals surface area (Å²) >= 11 is 0. The quantitative estimate of drug-likeness (QED) is 0.701. The summed E-state index contributed by atoms with van der Waals surface area (Å²) in [5.74, 6) is -0.0224. The number of pyridine rings is 1. The fraction of sp³-hybridized carbons (Fsp3) is 0.480. The van der Waals surface area contributed by atoms with E-state index in [0.717, 1.165) is 30.4 Å². The second kappa shape index (κ2) is 9.41. The van der Waals surface area contributed by atoms with Crippen LogP contribution in [-0.4, -0.2) is 39.2 Å². The number of hydrogen-bond acceptors (Lipinski definition) is 3. The topological polar surface area (TPSA) is 53.5 Å². The van der Waals surface area contributed by atoms with Crippen molar-refractivity contribution in [2.75, 3.05) is 6.54 Å². The van der Waals surface area contributed by atoms with E-state index in [9.17, 15) is 9.59 Å². The molecule has 5 nitrogen and oxygen atoms in total. The third kappa shape index (κ3) is 4.72. The minimum absolute atomic E-state index is 0.0762. The van der Waals surface area contributed by atoms with Gasteiger partial charge >= 0.3 is 0 Å². The van der Waals surface area contributed by atoms with Crippen LogP contribution in [0.1, 0.15) is 55.7 Å². The summed E-state index contributed by atoms with van der Waals surface area (Å²) in [7, 11) is 0. The summed E-state index contributed by atoms with van der Waals surface area (Å²) in [4.78, 5) is 34.2. The maximum absolute atomic E-state index is 13.5. The first-order valence-corrected chi connectivity index (χ1v) is 11.2. The van der Waals surface area contributed by atoms with Gasteiger partial charge in [-0.15, -0.1) is 0 Å². The van der Waals surface area contributed by atoms with Gasteiger partial charge in [-0.05, 0) is 42.0 Å². The Morgan fingerprint density at radius 2 is 1.77 bits per heavy atom. The van der Waals surface area contributed by atoms with E-state index in [4.69, 9.17) is 0 Å². The summed E-state index contributed by atoms with van der Waals surface area (Å²) in [5, 5.41) is 0. The number of carbonyl (C=O) groups excluding carboxylic acids is 2. The molecule has 1 aromatic heterocycles. The average Bonchev–Trinajstić information content (AvgIpc) is 3.43. The molecule has 0 spiro atoms. The van der Waals surface area contributed by atoms with E-state index in [1.807, 2.05) is 28.1 Å². The highest BCUT2D eigenvalue weighted by Gasteiger charge is 2.40. The predicted molar refractivity (Wildman–Crippen MR) is 116 cm³/mol. The van der Waals surface area contributed by atoms with E-state index in [0.29, 0.717) is 32.1 Å². The highest BCUT2D eigenvalue weighted by atomic mass is 16.2. The minimum Gasteiger partial charge on any atom is -0.339 e. The van der Waals surface area contributed by atoms with Gasteiger partial charge in [0, 0.05) is 44.5 Å². The molecule has 30 heavy (non-hydrogen) atoms. The van der Waals surface area contributed by atoms with E-state index in [1.54, 1.807) is 6.20 Å². The Morgan fingerprint density at radius 1 is 1.07 bits per heavy atom. The molecule has 158 valence electrons. The SMILES string of the molecule is CCc1ccc(CN(Cc2cccnc2)C(=O)C2CC(=O)N(C3CCCC3)C2)cc1. The lowest BCUT2D eigenvalue weighted by atomic mass is 10.0. The summed E-state index contributed by atoms with van der Waals surface area (Å²) in [6.45, 7) is 3.77. The van der Waals surface area contributed by atoms with Gasteiger partial charge in [-0.2, -0.15) is 0 Å². The first-order valence-electron chi connectivity index (χ1n) is 11.2. The van der Waals surface area contributed by atoms with Crippen molar-refractivity contribution >= 4 is 11.8 Å². The smallest absolute Gasteiger partial charge is 0.228 e. The highest BCUT2D eigenvalue weighted by Crippen LogP contribution is 2.30. The van der Waals surface area contributed by atoms with Gasteiger partial charge in [-0.1, -0.05) is 50.1 Å². The number of nitrogens with zero attached hydrogens (tertiary/aromatic N) is 3. The van der Waals surface area contributed by atoms with Crippen molar-refractivity contribution in [1.82, 2.24) is 14.8 Å². The van der Waals surface area contributed by atoms with Crippen molar-refractivity contribution < 1.29 is 9.59 Å². The number of likely N-dealkylation sites (tertiary alicyclic amines) is 1. The molecule has 4 rings (SSSR count). The van der Waals surface area contributed by atoms with Crippen molar-refractivity contribution in [1.29, 1.82) is 0 Å². The van der Waals surface area contributed by atoms with Crippen LogP contribution in [0.15, 0.2) is 48.8 Å². The molecule has 1 aliphatic heterocycles. The summed E-state index contributed by atoms with van der Waals surface area (Å²) < 4.78 is 0. The highest BCUT2D eigenvalue weighted by molar-refractivity contribution is 5.89. The molecule has 0 N–H and O–H groups in total. The molecule has 0 bridgehead atoms. The number of aromatic nitrogens is 1. The molecule has 1 atom stereocenters. The molecule has 1 aromatic carbocycles. The predicted octanol–water partition coefficient (Wildman–Crippen LogP) is 3.96. The summed E-state index contributed by atoms with van der Waals surface area (Å²) in [5.41, 5.74) is 3.41. The largest absolute Gasteiger partial charge is 0.339 e. The molecule has 2 aromatic rings. The second-order valence-electron chi connectivity index (χ2n) is 8.61. The molecule has 1 aliphatic carbocycles. The summed E-state index contributed by atoms with van der Waals surface area (Å²) in [6, 6.07) is 12.7. The fourth-order valence-electron chi connectivity index (χ4n) is 4.75. The van der Waals surface area contributed by atoms with Crippen LogP contribution < -0.4 is 0 Å². The van der Waals surface area contributed by atoms with E-state index < -0.39 is 0 Å². The lowest BCUT2D eigenvalue weighted by Crippen LogP contribution is -2.38. The Balaban J connectivity index is 1.50. The Labute approximate surface area is 179 Å². The third-order valence-corrected chi connectivity index (χ3v) is 6.49. The van der Waals surface area contributed by atoms with Crippen LogP contribution in [0.3, 0.4) is 0 Å². The second-order valence-corrected chi connectivity index (χ2v) is 8.61. The van der Waals surface area contributed by atoms with Gasteiger partial charge in [0.05, 0.1) is 5.92 Å². The monoisotopic (exact) mass is 405 g/mol. The lowest BCUT2D eigenvalue weighted by Gasteiger charge is -2.27. The molecule has 5 heteroatoms. The van der Waals surface area contributed by atoms with E-state index in [1.165, 1.54) is 18.4 Å². The van der Waals surface area contributed by atoms with E-state index in [-0.39, 0.29) is 17.7 Å². The molecule has 1 unspecified atom stereocenters. The maximum Gasteiger partial charge on any atom is 0.228 e. The Kier molecular flexibility index (Phi) is 6.46. The van der Waals surface area contributed by atoms with Gasteiger partial charge in [0.2, 0.25) is 11.8 Å². The van der Waals surface area contributed by atoms with Gasteiger partial charge in [-0.25, -0.2) is 0 Å². The van der Waals surface area contributed by atoms with Crippen molar-refractivity contribution in [3.8, 4) is 0 Å². The Morgan fingerprint density at radius 3 is 2.43 bits per heavy atom. The number of aryl methyl sites for hydroxylation is 1. The molecule has 2 fully saturated rings. The molecule has 0 radical (unpaired) electrons. The van der Waals surface area contributed by atoms with Gasteiger partial charge in [0.1, 0.15) is 0 Å². The minimum atomic E-state index is -0.246. The van der Waals surface area contributed by atoms with Crippen LogP contribution in [0.25, 0.3) is 0 Å². The number of benzene rings is 1. The number of amides is 2. The average molecular weight is 406 g/mol. The number of rotatable bonds is 7. The molecule has 2 aliphatic rings. The van der Waals surface area contributed by atoms with Crippen LogP contribution in [0.4, 0.5) is 0 Å². The Bertz CT molecular complexity index is 860. The van der Waals surface area contributed by atoms with Crippen molar-refractivity contribution in [3.05, 3.63) is 65.5 Å². The van der Waals surface area contributed by atoms with E-state index in [2.05, 4.69) is 36.2 Å². The maximum atomic E-state index is 13.5. The van der Waals surface area contributed by atoms with Crippen molar-refractivity contribution in [3.63, 3.8) is 0 Å². The molecule has 2 amide bonds. The van der Waals surface area contributed by atoms with Crippen LogP contribution >= 0.6 is 0 Å². The first kappa shape index (κ1) is 20.6. The normalized spacial score (nSPS) is 19.4. The third-order valence-electron chi connectivity index (χ3n) is 6.49. The molecule has 1 saturated carbocycles. The molecule has 2 heterocycles. The van der Waals surface area contributed by atoms with Crippen molar-refractivity contribution in [2.45, 2.75) is 64.6 Å². The number of hydrogen-bond donors (Lipinski definition) is 0. The zero-order chi connectivity index (χ0) is 20.9. The van der Waals surface area contributed by atoms with Crippen LogP contribution in [-0.2, 0) is 29.1 Å². The van der Waals surface area contributed by atoms with Crippen LogP contribution in [0.5, 0.6) is 0 Å². The number of carbonyl (C=O) groups is 2. The Hall–Kier alpha value is -2.69. The fourth-order valence-corrected chi connectivity index (χ4v) is 4.75. The molecule has 1 saturated heterocycles. The summed E-state index contributed by atoms with van der Waals surface area (Å²) in [6.07, 6.45) is 9.43.